The summed E-state index contributed by atoms with van der Waals surface area (Å²) in [5, 5.41) is 17.5. The van der Waals surface area contributed by atoms with Crippen LogP contribution in [0.15, 0.2) is 12.1 Å². The lowest BCUT2D eigenvalue weighted by atomic mass is 10.1. The molecule has 0 bridgehead atoms. The fraction of sp³-hybridized carbons (Fsp3) is 0.600. The maximum atomic E-state index is 9.38. The van der Waals surface area contributed by atoms with E-state index in [9.17, 15) is 5.11 Å². The van der Waals surface area contributed by atoms with Gasteiger partial charge in [0, 0.05) is 19.6 Å². The van der Waals surface area contributed by atoms with Gasteiger partial charge in [-0.25, -0.2) is 0 Å². The van der Waals surface area contributed by atoms with E-state index in [1.165, 1.54) is 0 Å². The number of hydrogen-bond acceptors (Lipinski definition) is 5. The Bertz CT molecular complexity index is 306. The van der Waals surface area contributed by atoms with E-state index in [4.69, 9.17) is 5.73 Å². The largest absolute Gasteiger partial charge is 0.393 e. The molecule has 5 heteroatoms. The maximum Gasteiger partial charge on any atom is 0.151 e. The summed E-state index contributed by atoms with van der Waals surface area (Å²) in [5.41, 5.74) is 6.25. The molecule has 0 amide bonds. The third kappa shape index (κ3) is 2.43. The van der Waals surface area contributed by atoms with Gasteiger partial charge in [0.15, 0.2) is 5.82 Å². The number of aromatic nitrogens is 2. The Hall–Kier alpha value is -1.20. The molecule has 0 unspecified atom stereocenters. The summed E-state index contributed by atoms with van der Waals surface area (Å²) in [5.74, 6) is 0.874. The van der Waals surface area contributed by atoms with Crippen LogP contribution in [0.1, 0.15) is 18.5 Å². The first-order chi connectivity index (χ1) is 7.29. The normalized spacial score (nSPS) is 18.1. The summed E-state index contributed by atoms with van der Waals surface area (Å²) in [6.45, 7) is 2.11. The fourth-order valence-electron chi connectivity index (χ4n) is 1.73. The highest BCUT2D eigenvalue weighted by molar-refractivity contribution is 5.37. The summed E-state index contributed by atoms with van der Waals surface area (Å²) >= 11 is 0. The first kappa shape index (κ1) is 10.3. The van der Waals surface area contributed by atoms with Gasteiger partial charge in [0.25, 0.3) is 0 Å². The Labute approximate surface area is 88.9 Å². The van der Waals surface area contributed by atoms with Crippen LogP contribution in [0, 0.1) is 0 Å². The highest BCUT2D eigenvalue weighted by atomic mass is 16.3. The summed E-state index contributed by atoms with van der Waals surface area (Å²) in [4.78, 5) is 2.14. The van der Waals surface area contributed by atoms with Crippen LogP contribution in [-0.2, 0) is 6.54 Å². The zero-order valence-corrected chi connectivity index (χ0v) is 8.63. The molecule has 0 spiro atoms. The average Bonchev–Trinajstić information content (AvgIpc) is 2.30. The Morgan fingerprint density at radius 3 is 2.60 bits per heavy atom. The summed E-state index contributed by atoms with van der Waals surface area (Å²) in [6.07, 6.45) is 1.46. The van der Waals surface area contributed by atoms with Gasteiger partial charge in [-0.05, 0) is 25.0 Å². The number of anilines is 1. The molecule has 0 atom stereocenters. The van der Waals surface area contributed by atoms with Gasteiger partial charge in [-0.2, -0.15) is 5.10 Å². The number of nitrogens with zero attached hydrogens (tertiary/aromatic N) is 3. The highest BCUT2D eigenvalue weighted by Gasteiger charge is 2.18. The average molecular weight is 208 g/mol. The molecule has 2 heterocycles. The van der Waals surface area contributed by atoms with Crippen LogP contribution in [0.5, 0.6) is 0 Å². The second-order valence-electron chi connectivity index (χ2n) is 3.81. The van der Waals surface area contributed by atoms with Gasteiger partial charge < -0.3 is 15.7 Å². The van der Waals surface area contributed by atoms with Crippen molar-refractivity contribution in [3.05, 3.63) is 17.8 Å². The predicted molar refractivity (Wildman–Crippen MR) is 57.4 cm³/mol. The topological polar surface area (TPSA) is 75.3 Å². The molecular weight excluding hydrogens is 192 g/mol. The molecule has 1 saturated heterocycles. The highest BCUT2D eigenvalue weighted by Crippen LogP contribution is 2.16. The molecule has 1 aliphatic rings. The molecule has 5 nitrogen and oxygen atoms in total. The molecule has 2 rings (SSSR count). The molecule has 1 aliphatic heterocycles. The van der Waals surface area contributed by atoms with Crippen LogP contribution in [0.3, 0.4) is 0 Å². The summed E-state index contributed by atoms with van der Waals surface area (Å²) < 4.78 is 0. The van der Waals surface area contributed by atoms with E-state index in [0.717, 1.165) is 37.4 Å². The minimum Gasteiger partial charge on any atom is -0.393 e. The van der Waals surface area contributed by atoms with E-state index >= 15 is 0 Å². The van der Waals surface area contributed by atoms with Crippen LogP contribution < -0.4 is 10.6 Å². The van der Waals surface area contributed by atoms with Gasteiger partial charge >= 0.3 is 0 Å². The standard InChI is InChI=1S/C10H16N4O/c11-7-8-1-2-10(13-12-8)14-5-3-9(15)4-6-14/h1-2,9,15H,3-7,11H2. The second kappa shape index (κ2) is 4.55. The van der Waals surface area contributed by atoms with E-state index in [-0.39, 0.29) is 6.10 Å². The summed E-state index contributed by atoms with van der Waals surface area (Å²) in [6, 6.07) is 3.83. The smallest absolute Gasteiger partial charge is 0.151 e. The quantitative estimate of drug-likeness (QED) is 0.709. The first-order valence-corrected chi connectivity index (χ1v) is 5.25. The van der Waals surface area contributed by atoms with Gasteiger partial charge in [-0.15, -0.1) is 5.10 Å². The lowest BCUT2D eigenvalue weighted by Gasteiger charge is -2.30. The number of aliphatic hydroxyl groups is 1. The van der Waals surface area contributed by atoms with Crippen LogP contribution in [0.4, 0.5) is 5.82 Å². The van der Waals surface area contributed by atoms with Crippen molar-refractivity contribution >= 4 is 5.82 Å². The zero-order chi connectivity index (χ0) is 10.7. The zero-order valence-electron chi connectivity index (χ0n) is 8.63. The first-order valence-electron chi connectivity index (χ1n) is 5.25. The molecule has 0 radical (unpaired) electrons. The molecule has 82 valence electrons. The van der Waals surface area contributed by atoms with Crippen molar-refractivity contribution in [2.75, 3.05) is 18.0 Å². The number of nitrogens with two attached hydrogens (primary N) is 1. The Kier molecular flexibility index (Phi) is 3.13. The number of piperidine rings is 1. The maximum absolute atomic E-state index is 9.38. The third-order valence-electron chi connectivity index (χ3n) is 2.70. The Morgan fingerprint density at radius 2 is 2.07 bits per heavy atom. The molecular formula is C10H16N4O. The van der Waals surface area contributed by atoms with Crippen molar-refractivity contribution in [2.24, 2.45) is 5.73 Å². The minimum atomic E-state index is -0.155. The predicted octanol–water partition coefficient (Wildman–Crippen LogP) is -0.104. The van der Waals surface area contributed by atoms with Crippen molar-refractivity contribution in [3.8, 4) is 0 Å². The van der Waals surface area contributed by atoms with E-state index in [2.05, 4.69) is 15.1 Å². The molecule has 1 aromatic rings. The lowest BCUT2D eigenvalue weighted by molar-refractivity contribution is 0.145. The molecule has 1 fully saturated rings. The van der Waals surface area contributed by atoms with Crippen molar-refractivity contribution in [1.29, 1.82) is 0 Å². The van der Waals surface area contributed by atoms with Crippen LogP contribution in [0.25, 0.3) is 0 Å². The molecule has 1 aromatic heterocycles. The van der Waals surface area contributed by atoms with E-state index in [1.807, 2.05) is 12.1 Å². The molecule has 0 aromatic carbocycles. The van der Waals surface area contributed by atoms with Crippen molar-refractivity contribution in [3.63, 3.8) is 0 Å². The van der Waals surface area contributed by atoms with Gasteiger partial charge in [0.2, 0.25) is 0 Å². The van der Waals surface area contributed by atoms with Crippen LogP contribution >= 0.6 is 0 Å². The SMILES string of the molecule is NCc1ccc(N2CCC(O)CC2)nn1. The van der Waals surface area contributed by atoms with E-state index in [1.54, 1.807) is 0 Å². The van der Waals surface area contributed by atoms with Gasteiger partial charge in [-0.1, -0.05) is 0 Å². The second-order valence-corrected chi connectivity index (χ2v) is 3.81. The van der Waals surface area contributed by atoms with Crippen molar-refractivity contribution in [2.45, 2.75) is 25.5 Å². The molecule has 3 N–H and O–H groups in total. The van der Waals surface area contributed by atoms with Crippen molar-refractivity contribution < 1.29 is 5.11 Å². The monoisotopic (exact) mass is 208 g/mol. The summed E-state index contributed by atoms with van der Waals surface area (Å²) in [7, 11) is 0. The Morgan fingerprint density at radius 1 is 1.33 bits per heavy atom. The van der Waals surface area contributed by atoms with Crippen LogP contribution in [-0.4, -0.2) is 34.5 Å². The Balaban J connectivity index is 2.03. The molecule has 0 aliphatic carbocycles. The van der Waals surface area contributed by atoms with Gasteiger partial charge in [0.1, 0.15) is 0 Å². The van der Waals surface area contributed by atoms with Gasteiger partial charge in [-0.3, -0.25) is 0 Å². The number of rotatable bonds is 2. The molecule has 15 heavy (non-hydrogen) atoms. The van der Waals surface area contributed by atoms with Crippen LogP contribution in [0.2, 0.25) is 0 Å². The number of hydrogen-bond donors (Lipinski definition) is 2. The van der Waals surface area contributed by atoms with E-state index < -0.39 is 0 Å². The molecule has 0 saturated carbocycles. The third-order valence-corrected chi connectivity index (χ3v) is 2.70. The van der Waals surface area contributed by atoms with Crippen molar-refractivity contribution in [1.82, 2.24) is 10.2 Å². The minimum absolute atomic E-state index is 0.155. The lowest BCUT2D eigenvalue weighted by Crippen LogP contribution is -2.36. The van der Waals surface area contributed by atoms with E-state index in [0.29, 0.717) is 6.54 Å². The van der Waals surface area contributed by atoms with Gasteiger partial charge in [0.05, 0.1) is 11.8 Å². The fourth-order valence-corrected chi connectivity index (χ4v) is 1.73. The number of aliphatic hydroxyl groups excluding tert-OH is 1.